The van der Waals surface area contributed by atoms with Crippen LogP contribution in [-0.4, -0.2) is 35.3 Å². The Kier molecular flexibility index (Phi) is 7.67. The summed E-state index contributed by atoms with van der Waals surface area (Å²) in [7, 11) is 0. The number of ketones is 1. The van der Waals surface area contributed by atoms with Gasteiger partial charge in [-0.15, -0.1) is 11.3 Å². The fraction of sp³-hybridized carbons (Fsp3) is 0.250. The molecular weight excluding hydrogens is 412 g/mol. The largest absolute Gasteiger partial charge is 0.463 e. The predicted molar refractivity (Wildman–Crippen MR) is 119 cm³/mol. The van der Waals surface area contributed by atoms with Crippen molar-refractivity contribution < 1.29 is 19.1 Å². The van der Waals surface area contributed by atoms with E-state index in [4.69, 9.17) is 4.74 Å². The van der Waals surface area contributed by atoms with Crippen molar-refractivity contribution in [2.45, 2.75) is 32.2 Å². The van der Waals surface area contributed by atoms with E-state index in [1.54, 1.807) is 49.5 Å². The van der Waals surface area contributed by atoms with Crippen molar-refractivity contribution in [1.29, 1.82) is 0 Å². The Morgan fingerprint density at radius 1 is 1.03 bits per heavy atom. The molecule has 0 spiro atoms. The molecule has 0 radical (unpaired) electrons. The molecule has 0 saturated heterocycles. The number of esters is 1. The summed E-state index contributed by atoms with van der Waals surface area (Å²) in [6, 6.07) is 15.6. The summed E-state index contributed by atoms with van der Waals surface area (Å²) >= 11 is 1.29. The summed E-state index contributed by atoms with van der Waals surface area (Å²) in [5.74, 6) is -1.23. The third-order valence-corrected chi connectivity index (χ3v) is 6.11. The zero-order valence-electron chi connectivity index (χ0n) is 17.4. The van der Waals surface area contributed by atoms with Crippen LogP contribution in [0.3, 0.4) is 0 Å². The highest BCUT2D eigenvalue weighted by Crippen LogP contribution is 2.27. The topological polar surface area (TPSA) is 85.4 Å². The van der Waals surface area contributed by atoms with Gasteiger partial charge in [-0.3, -0.25) is 19.4 Å². The minimum absolute atomic E-state index is 0.0680. The molecule has 2 aromatic heterocycles. The van der Waals surface area contributed by atoms with Crippen molar-refractivity contribution in [3.05, 3.63) is 87.9 Å². The molecule has 31 heavy (non-hydrogen) atoms. The summed E-state index contributed by atoms with van der Waals surface area (Å²) in [6.07, 6.45) is 3.70. The molecule has 3 aromatic rings. The van der Waals surface area contributed by atoms with E-state index in [-0.39, 0.29) is 24.3 Å². The molecule has 0 aliphatic heterocycles. The number of nitrogens with zero attached hydrogens (tertiary/aromatic N) is 1. The first-order valence-electron chi connectivity index (χ1n) is 10.1. The molecule has 2 atom stereocenters. The Bertz CT molecular complexity index is 1030. The molecule has 0 saturated carbocycles. The number of amides is 1. The van der Waals surface area contributed by atoms with Crippen molar-refractivity contribution in [1.82, 2.24) is 10.3 Å². The standard InChI is InChI=1S/C24H24N2O4S/c1-3-19(26-23(28)18-10-7-13-25-14-18)15-30-24(29)16(2)20-11-12-21(31-20)22(27)17-8-5-4-6-9-17/h4-14,16,19H,3,15H2,1-2H3,(H,26,28). The molecule has 2 unspecified atom stereocenters. The number of carbonyl (C=O) groups is 3. The Balaban J connectivity index is 1.56. The molecule has 0 bridgehead atoms. The molecule has 1 amide bonds. The fourth-order valence-electron chi connectivity index (χ4n) is 2.89. The van der Waals surface area contributed by atoms with Gasteiger partial charge in [0.25, 0.3) is 5.91 Å². The van der Waals surface area contributed by atoms with E-state index in [9.17, 15) is 14.4 Å². The van der Waals surface area contributed by atoms with Gasteiger partial charge in [-0.25, -0.2) is 0 Å². The van der Waals surface area contributed by atoms with Gasteiger partial charge in [-0.1, -0.05) is 37.3 Å². The molecule has 1 aromatic carbocycles. The first-order chi connectivity index (χ1) is 15.0. The molecule has 0 aliphatic carbocycles. The molecular formula is C24H24N2O4S. The maximum absolute atomic E-state index is 12.6. The van der Waals surface area contributed by atoms with Gasteiger partial charge in [0.1, 0.15) is 6.61 Å². The lowest BCUT2D eigenvalue weighted by molar-refractivity contribution is -0.145. The molecule has 2 heterocycles. The first-order valence-corrected chi connectivity index (χ1v) is 10.9. The van der Waals surface area contributed by atoms with Crippen LogP contribution in [0.25, 0.3) is 0 Å². The molecule has 6 nitrogen and oxygen atoms in total. The van der Waals surface area contributed by atoms with E-state index in [1.807, 2.05) is 25.1 Å². The third-order valence-electron chi connectivity index (χ3n) is 4.85. The summed E-state index contributed by atoms with van der Waals surface area (Å²) in [4.78, 5) is 42.7. The summed E-state index contributed by atoms with van der Waals surface area (Å²) in [5.41, 5.74) is 1.07. The van der Waals surface area contributed by atoms with Crippen molar-refractivity contribution in [3.8, 4) is 0 Å². The Morgan fingerprint density at radius 2 is 1.77 bits per heavy atom. The maximum atomic E-state index is 12.6. The van der Waals surface area contributed by atoms with E-state index in [1.165, 1.54) is 17.5 Å². The number of ether oxygens (including phenoxy) is 1. The van der Waals surface area contributed by atoms with E-state index in [0.717, 1.165) is 4.88 Å². The highest BCUT2D eigenvalue weighted by molar-refractivity contribution is 7.14. The van der Waals surface area contributed by atoms with Crippen LogP contribution in [0.15, 0.2) is 67.0 Å². The van der Waals surface area contributed by atoms with Crippen LogP contribution in [0.2, 0.25) is 0 Å². The van der Waals surface area contributed by atoms with Gasteiger partial charge in [0.05, 0.1) is 22.4 Å². The van der Waals surface area contributed by atoms with Gasteiger partial charge in [0, 0.05) is 22.8 Å². The third kappa shape index (κ3) is 5.86. The smallest absolute Gasteiger partial charge is 0.314 e. The molecule has 0 fully saturated rings. The highest BCUT2D eigenvalue weighted by Gasteiger charge is 2.22. The molecule has 1 N–H and O–H groups in total. The minimum Gasteiger partial charge on any atom is -0.463 e. The zero-order valence-corrected chi connectivity index (χ0v) is 18.2. The fourth-order valence-corrected chi connectivity index (χ4v) is 3.90. The Hall–Kier alpha value is -3.32. The van der Waals surface area contributed by atoms with Crippen molar-refractivity contribution >= 4 is 29.0 Å². The second kappa shape index (κ2) is 10.6. The van der Waals surface area contributed by atoms with Crippen molar-refractivity contribution in [2.24, 2.45) is 0 Å². The quantitative estimate of drug-likeness (QED) is 0.401. The van der Waals surface area contributed by atoms with Gasteiger partial charge < -0.3 is 10.1 Å². The molecule has 0 aliphatic rings. The summed E-state index contributed by atoms with van der Waals surface area (Å²) < 4.78 is 5.45. The van der Waals surface area contributed by atoms with Gasteiger partial charge in [-0.2, -0.15) is 0 Å². The van der Waals surface area contributed by atoms with Gasteiger partial charge in [-0.05, 0) is 37.6 Å². The van der Waals surface area contributed by atoms with Crippen LogP contribution in [0.5, 0.6) is 0 Å². The highest BCUT2D eigenvalue weighted by atomic mass is 32.1. The molecule has 160 valence electrons. The van der Waals surface area contributed by atoms with Crippen LogP contribution < -0.4 is 5.32 Å². The maximum Gasteiger partial charge on any atom is 0.314 e. The van der Waals surface area contributed by atoms with Crippen LogP contribution in [-0.2, 0) is 9.53 Å². The van der Waals surface area contributed by atoms with Crippen LogP contribution in [0.4, 0.5) is 0 Å². The monoisotopic (exact) mass is 436 g/mol. The van der Waals surface area contributed by atoms with Crippen molar-refractivity contribution in [3.63, 3.8) is 0 Å². The predicted octanol–water partition coefficient (Wildman–Crippen LogP) is 4.23. The number of rotatable bonds is 9. The number of hydrogen-bond acceptors (Lipinski definition) is 6. The number of hydrogen-bond donors (Lipinski definition) is 1. The number of benzene rings is 1. The van der Waals surface area contributed by atoms with Crippen LogP contribution >= 0.6 is 11.3 Å². The van der Waals surface area contributed by atoms with E-state index < -0.39 is 11.9 Å². The van der Waals surface area contributed by atoms with E-state index in [0.29, 0.717) is 22.4 Å². The van der Waals surface area contributed by atoms with Gasteiger partial charge >= 0.3 is 5.97 Å². The van der Waals surface area contributed by atoms with E-state index >= 15 is 0 Å². The second-order valence-corrected chi connectivity index (χ2v) is 8.18. The summed E-state index contributed by atoms with van der Waals surface area (Å²) in [6.45, 7) is 3.74. The van der Waals surface area contributed by atoms with Crippen molar-refractivity contribution in [2.75, 3.05) is 6.61 Å². The lowest BCUT2D eigenvalue weighted by Crippen LogP contribution is -2.38. The average Bonchev–Trinajstić information content (AvgIpc) is 3.31. The van der Waals surface area contributed by atoms with Crippen LogP contribution in [0, 0.1) is 0 Å². The zero-order chi connectivity index (χ0) is 22.2. The number of thiophene rings is 1. The number of nitrogens with one attached hydrogen (secondary N) is 1. The normalized spacial score (nSPS) is 12.6. The van der Waals surface area contributed by atoms with Gasteiger partial charge in [0.15, 0.2) is 0 Å². The van der Waals surface area contributed by atoms with E-state index in [2.05, 4.69) is 10.3 Å². The number of carbonyl (C=O) groups excluding carboxylic acids is 3. The minimum atomic E-state index is -0.506. The Morgan fingerprint density at radius 3 is 2.45 bits per heavy atom. The van der Waals surface area contributed by atoms with Gasteiger partial charge in [0.2, 0.25) is 5.78 Å². The number of aromatic nitrogens is 1. The number of pyridine rings is 1. The second-order valence-electron chi connectivity index (χ2n) is 7.07. The Labute approximate surface area is 185 Å². The lowest BCUT2D eigenvalue weighted by Gasteiger charge is -2.18. The SMILES string of the molecule is CCC(COC(=O)C(C)c1ccc(C(=O)c2ccccc2)s1)NC(=O)c1cccnc1. The van der Waals surface area contributed by atoms with Crippen LogP contribution in [0.1, 0.15) is 56.7 Å². The summed E-state index contributed by atoms with van der Waals surface area (Å²) in [5, 5.41) is 2.86. The first kappa shape index (κ1) is 22.4. The molecule has 3 rings (SSSR count). The average molecular weight is 437 g/mol. The lowest BCUT2D eigenvalue weighted by atomic mass is 10.1. The molecule has 7 heteroatoms.